The van der Waals surface area contributed by atoms with E-state index in [4.69, 9.17) is 9.47 Å². The molecule has 20 heavy (non-hydrogen) atoms. The molecule has 3 heteroatoms. The molecule has 1 fully saturated rings. The number of quaternary nitrogens is 1. The molecule has 1 N–H and O–H groups in total. The number of rotatable bonds is 5. The highest BCUT2D eigenvalue weighted by Gasteiger charge is 2.24. The normalized spacial score (nSPS) is 26.5. The van der Waals surface area contributed by atoms with Crippen LogP contribution in [-0.4, -0.2) is 38.4 Å². The van der Waals surface area contributed by atoms with E-state index in [-0.39, 0.29) is 0 Å². The molecular formula is C17H28NO2+. The van der Waals surface area contributed by atoms with E-state index in [1.54, 1.807) is 4.90 Å². The molecule has 2 atom stereocenters. The second-order valence-corrected chi connectivity index (χ2v) is 6.09. The number of hydrogen-bond donors (Lipinski definition) is 1. The van der Waals surface area contributed by atoms with E-state index in [0.717, 1.165) is 31.9 Å². The predicted octanol–water partition coefficient (Wildman–Crippen LogP) is 1.76. The predicted molar refractivity (Wildman–Crippen MR) is 81.6 cm³/mol. The third kappa shape index (κ3) is 4.22. The average molecular weight is 278 g/mol. The van der Waals surface area contributed by atoms with Crippen LogP contribution in [0.5, 0.6) is 5.75 Å². The number of aryl methyl sites for hydroxylation is 2. The zero-order valence-corrected chi connectivity index (χ0v) is 13.2. The van der Waals surface area contributed by atoms with Crippen molar-refractivity contribution in [3.63, 3.8) is 0 Å². The highest BCUT2D eigenvalue weighted by atomic mass is 16.5. The molecule has 0 saturated carbocycles. The van der Waals surface area contributed by atoms with Gasteiger partial charge in [-0.3, -0.25) is 0 Å². The number of morpholine rings is 1. The van der Waals surface area contributed by atoms with Gasteiger partial charge in [-0.2, -0.15) is 0 Å². The van der Waals surface area contributed by atoms with Crippen molar-refractivity contribution in [1.29, 1.82) is 0 Å². The molecule has 1 aromatic carbocycles. The molecule has 0 aliphatic carbocycles. The van der Waals surface area contributed by atoms with E-state index in [0.29, 0.717) is 12.2 Å². The summed E-state index contributed by atoms with van der Waals surface area (Å²) in [5, 5.41) is 0. The number of ether oxygens (including phenoxy) is 2. The van der Waals surface area contributed by atoms with Crippen molar-refractivity contribution in [2.75, 3.05) is 26.2 Å². The van der Waals surface area contributed by atoms with Gasteiger partial charge in [0.2, 0.25) is 0 Å². The minimum Gasteiger partial charge on any atom is -0.493 e. The third-order valence-electron chi connectivity index (χ3n) is 3.95. The smallest absolute Gasteiger partial charge is 0.125 e. The lowest BCUT2D eigenvalue weighted by Gasteiger charge is -2.32. The van der Waals surface area contributed by atoms with Crippen LogP contribution < -0.4 is 9.64 Å². The highest BCUT2D eigenvalue weighted by Crippen LogP contribution is 2.22. The average Bonchev–Trinajstić information content (AvgIpc) is 2.36. The van der Waals surface area contributed by atoms with Crippen LogP contribution in [0.1, 0.15) is 31.4 Å². The molecule has 1 aromatic rings. The second kappa shape index (κ2) is 7.09. The molecule has 0 unspecified atom stereocenters. The van der Waals surface area contributed by atoms with Crippen molar-refractivity contribution in [2.45, 2.75) is 46.3 Å². The lowest BCUT2D eigenvalue weighted by Crippen LogP contribution is -3.15. The molecule has 0 spiro atoms. The number of para-hydroxylation sites is 1. The molecule has 1 aliphatic rings. The summed E-state index contributed by atoms with van der Waals surface area (Å²) in [6.45, 7) is 12.8. The summed E-state index contributed by atoms with van der Waals surface area (Å²) in [5.41, 5.74) is 2.46. The largest absolute Gasteiger partial charge is 0.493 e. The maximum Gasteiger partial charge on any atom is 0.125 e. The van der Waals surface area contributed by atoms with Crippen LogP contribution in [0.3, 0.4) is 0 Å². The molecule has 0 aromatic heterocycles. The summed E-state index contributed by atoms with van der Waals surface area (Å²) in [6.07, 6.45) is 1.87. The Kier molecular flexibility index (Phi) is 5.44. The molecule has 1 saturated heterocycles. The van der Waals surface area contributed by atoms with Crippen molar-refractivity contribution < 1.29 is 14.4 Å². The van der Waals surface area contributed by atoms with Crippen molar-refractivity contribution in [3.05, 3.63) is 29.3 Å². The van der Waals surface area contributed by atoms with Gasteiger partial charge in [-0.1, -0.05) is 18.2 Å². The molecule has 0 bridgehead atoms. The summed E-state index contributed by atoms with van der Waals surface area (Å²) in [5.74, 6) is 1.06. The van der Waals surface area contributed by atoms with Gasteiger partial charge >= 0.3 is 0 Å². The minimum atomic E-state index is 0.383. The minimum absolute atomic E-state index is 0.383. The number of hydrogen-bond acceptors (Lipinski definition) is 2. The van der Waals surface area contributed by atoms with Gasteiger partial charge in [0.05, 0.1) is 13.2 Å². The van der Waals surface area contributed by atoms with Gasteiger partial charge in [-0.15, -0.1) is 0 Å². The second-order valence-electron chi connectivity index (χ2n) is 6.09. The first-order valence-corrected chi connectivity index (χ1v) is 7.74. The first-order valence-electron chi connectivity index (χ1n) is 7.74. The van der Waals surface area contributed by atoms with Crippen LogP contribution in [0.25, 0.3) is 0 Å². The van der Waals surface area contributed by atoms with Crippen LogP contribution in [0.4, 0.5) is 0 Å². The van der Waals surface area contributed by atoms with Gasteiger partial charge in [-0.05, 0) is 38.8 Å². The molecule has 3 nitrogen and oxygen atoms in total. The SMILES string of the molecule is Cc1cccc(C)c1OCCC[NH+]1C[C@H](C)O[C@@H](C)C1. The Hall–Kier alpha value is -1.06. The molecular weight excluding hydrogens is 250 g/mol. The Balaban J connectivity index is 1.74. The summed E-state index contributed by atoms with van der Waals surface area (Å²) < 4.78 is 11.7. The fourth-order valence-corrected chi connectivity index (χ4v) is 3.12. The fourth-order valence-electron chi connectivity index (χ4n) is 3.12. The maximum atomic E-state index is 5.97. The zero-order chi connectivity index (χ0) is 14.5. The molecule has 1 aliphatic heterocycles. The van der Waals surface area contributed by atoms with Gasteiger partial charge in [0.15, 0.2) is 0 Å². The Morgan fingerprint density at radius 2 is 1.75 bits per heavy atom. The first-order chi connectivity index (χ1) is 9.56. The van der Waals surface area contributed by atoms with Gasteiger partial charge in [0.1, 0.15) is 31.0 Å². The van der Waals surface area contributed by atoms with E-state index in [2.05, 4.69) is 45.9 Å². The van der Waals surface area contributed by atoms with Gasteiger partial charge < -0.3 is 14.4 Å². The molecule has 0 radical (unpaired) electrons. The lowest BCUT2D eigenvalue weighted by molar-refractivity contribution is -0.915. The van der Waals surface area contributed by atoms with Gasteiger partial charge in [-0.25, -0.2) is 0 Å². The van der Waals surface area contributed by atoms with Crippen LogP contribution >= 0.6 is 0 Å². The van der Waals surface area contributed by atoms with E-state index < -0.39 is 0 Å². The summed E-state index contributed by atoms with van der Waals surface area (Å²) in [4.78, 5) is 1.64. The van der Waals surface area contributed by atoms with Crippen LogP contribution in [0, 0.1) is 13.8 Å². The monoisotopic (exact) mass is 278 g/mol. The topological polar surface area (TPSA) is 22.9 Å². The molecule has 2 rings (SSSR count). The Morgan fingerprint density at radius 3 is 2.35 bits per heavy atom. The fraction of sp³-hybridized carbons (Fsp3) is 0.647. The Bertz CT molecular complexity index is 403. The van der Waals surface area contributed by atoms with Gasteiger partial charge in [0, 0.05) is 6.42 Å². The Labute approximate surface area is 122 Å². The standard InChI is InChI=1S/C17H27NO2/c1-13-7-5-8-14(2)17(13)19-10-6-9-18-11-15(3)20-16(4)12-18/h5,7-8,15-16H,6,9-12H2,1-4H3/p+1/t15-,16-/m0/s1. The maximum absolute atomic E-state index is 5.97. The summed E-state index contributed by atoms with van der Waals surface area (Å²) in [6, 6.07) is 6.30. The van der Waals surface area contributed by atoms with Crippen LogP contribution in [0.15, 0.2) is 18.2 Å². The Morgan fingerprint density at radius 1 is 1.15 bits per heavy atom. The number of benzene rings is 1. The molecule has 0 amide bonds. The first kappa shape index (κ1) is 15.3. The molecule has 112 valence electrons. The number of nitrogens with one attached hydrogen (secondary N) is 1. The lowest BCUT2D eigenvalue weighted by atomic mass is 10.1. The quantitative estimate of drug-likeness (QED) is 0.830. The molecule has 1 heterocycles. The van der Waals surface area contributed by atoms with Crippen molar-refractivity contribution in [3.8, 4) is 5.75 Å². The van der Waals surface area contributed by atoms with Crippen molar-refractivity contribution in [1.82, 2.24) is 0 Å². The summed E-state index contributed by atoms with van der Waals surface area (Å²) >= 11 is 0. The van der Waals surface area contributed by atoms with Crippen molar-refractivity contribution >= 4 is 0 Å². The van der Waals surface area contributed by atoms with Crippen LogP contribution in [0.2, 0.25) is 0 Å². The van der Waals surface area contributed by atoms with Crippen LogP contribution in [-0.2, 0) is 4.74 Å². The zero-order valence-electron chi connectivity index (χ0n) is 13.2. The van der Waals surface area contributed by atoms with E-state index in [1.165, 1.54) is 17.7 Å². The van der Waals surface area contributed by atoms with E-state index >= 15 is 0 Å². The summed E-state index contributed by atoms with van der Waals surface area (Å²) in [7, 11) is 0. The van der Waals surface area contributed by atoms with E-state index in [9.17, 15) is 0 Å². The third-order valence-corrected chi connectivity index (χ3v) is 3.95. The van der Waals surface area contributed by atoms with Gasteiger partial charge in [0.25, 0.3) is 0 Å². The highest BCUT2D eigenvalue weighted by molar-refractivity contribution is 5.39. The van der Waals surface area contributed by atoms with Crippen molar-refractivity contribution in [2.24, 2.45) is 0 Å². The van der Waals surface area contributed by atoms with E-state index in [1.807, 2.05) is 0 Å².